The largest absolute Gasteiger partial charge is 0.457 e. The second-order valence-electron chi connectivity index (χ2n) is 4.68. The third kappa shape index (κ3) is 3.55. The van der Waals surface area contributed by atoms with Gasteiger partial charge in [0, 0.05) is 6.07 Å². The van der Waals surface area contributed by atoms with Crippen molar-refractivity contribution in [3.05, 3.63) is 58.9 Å². The van der Waals surface area contributed by atoms with Crippen molar-refractivity contribution in [2.45, 2.75) is 20.3 Å². The molecule has 2 rings (SSSR count). The normalized spacial score (nSPS) is 10.5. The van der Waals surface area contributed by atoms with Crippen LogP contribution in [0.15, 0.2) is 36.4 Å². The van der Waals surface area contributed by atoms with Crippen LogP contribution in [0.5, 0.6) is 11.5 Å². The maximum atomic E-state index is 13.5. The average Bonchev–Trinajstić information content (AvgIpc) is 2.33. The first-order chi connectivity index (χ1) is 9.08. The van der Waals surface area contributed by atoms with Crippen LogP contribution in [0.3, 0.4) is 0 Å². The molecular formula is C16H18FNO. The Kier molecular flexibility index (Phi) is 4.17. The Bertz CT molecular complexity index is 581. The highest BCUT2D eigenvalue weighted by atomic mass is 19.1. The van der Waals surface area contributed by atoms with E-state index in [1.54, 1.807) is 0 Å². The SMILES string of the molecule is Cc1ccc(Oc2cc(F)cc(CCN)c2)cc1C. The van der Waals surface area contributed by atoms with Crippen LogP contribution < -0.4 is 10.5 Å². The summed E-state index contributed by atoms with van der Waals surface area (Å²) < 4.78 is 19.2. The van der Waals surface area contributed by atoms with Crippen molar-refractivity contribution in [1.29, 1.82) is 0 Å². The predicted octanol–water partition coefficient (Wildman–Crippen LogP) is 3.74. The first-order valence-electron chi connectivity index (χ1n) is 6.33. The molecule has 2 aromatic carbocycles. The molecule has 0 saturated heterocycles. The van der Waals surface area contributed by atoms with E-state index in [2.05, 4.69) is 0 Å². The molecule has 3 heteroatoms. The molecule has 2 aromatic rings. The van der Waals surface area contributed by atoms with Crippen LogP contribution in [0.4, 0.5) is 4.39 Å². The van der Waals surface area contributed by atoms with Gasteiger partial charge in [-0.15, -0.1) is 0 Å². The van der Waals surface area contributed by atoms with Crippen molar-refractivity contribution >= 4 is 0 Å². The molecule has 0 bridgehead atoms. The summed E-state index contributed by atoms with van der Waals surface area (Å²) in [5.41, 5.74) is 8.69. The van der Waals surface area contributed by atoms with E-state index in [9.17, 15) is 4.39 Å². The van der Waals surface area contributed by atoms with Crippen molar-refractivity contribution in [3.8, 4) is 11.5 Å². The van der Waals surface area contributed by atoms with Gasteiger partial charge in [0.25, 0.3) is 0 Å². The monoisotopic (exact) mass is 259 g/mol. The summed E-state index contributed by atoms with van der Waals surface area (Å²) in [5, 5.41) is 0. The summed E-state index contributed by atoms with van der Waals surface area (Å²) in [6.45, 7) is 4.56. The van der Waals surface area contributed by atoms with Crippen LogP contribution in [0.2, 0.25) is 0 Å². The zero-order chi connectivity index (χ0) is 13.8. The van der Waals surface area contributed by atoms with Gasteiger partial charge in [-0.1, -0.05) is 6.07 Å². The lowest BCUT2D eigenvalue weighted by molar-refractivity contribution is 0.475. The van der Waals surface area contributed by atoms with Crippen molar-refractivity contribution in [3.63, 3.8) is 0 Å². The van der Waals surface area contributed by atoms with E-state index in [1.165, 1.54) is 17.7 Å². The lowest BCUT2D eigenvalue weighted by Crippen LogP contribution is -2.03. The van der Waals surface area contributed by atoms with Crippen LogP contribution in [-0.2, 0) is 6.42 Å². The third-order valence-electron chi connectivity index (χ3n) is 3.08. The van der Waals surface area contributed by atoms with Gasteiger partial charge in [0.1, 0.15) is 17.3 Å². The topological polar surface area (TPSA) is 35.2 Å². The van der Waals surface area contributed by atoms with Gasteiger partial charge >= 0.3 is 0 Å². The fourth-order valence-corrected chi connectivity index (χ4v) is 1.90. The van der Waals surface area contributed by atoms with Crippen molar-refractivity contribution in [2.24, 2.45) is 5.73 Å². The molecule has 0 aliphatic heterocycles. The summed E-state index contributed by atoms with van der Waals surface area (Å²) in [5.74, 6) is 0.920. The maximum Gasteiger partial charge on any atom is 0.130 e. The van der Waals surface area contributed by atoms with Gasteiger partial charge in [-0.2, -0.15) is 0 Å². The molecule has 2 nitrogen and oxygen atoms in total. The van der Waals surface area contributed by atoms with Gasteiger partial charge in [-0.3, -0.25) is 0 Å². The van der Waals surface area contributed by atoms with Gasteiger partial charge in [0.15, 0.2) is 0 Å². The predicted molar refractivity (Wildman–Crippen MR) is 75.1 cm³/mol. The second kappa shape index (κ2) is 5.85. The Balaban J connectivity index is 2.24. The molecule has 0 aliphatic carbocycles. The summed E-state index contributed by atoms with van der Waals surface area (Å²) in [6.07, 6.45) is 0.640. The van der Waals surface area contributed by atoms with Crippen LogP contribution >= 0.6 is 0 Å². The molecule has 0 aromatic heterocycles. The Hall–Kier alpha value is -1.87. The lowest BCUT2D eigenvalue weighted by atomic mass is 10.1. The van der Waals surface area contributed by atoms with Crippen LogP contribution in [0, 0.1) is 19.7 Å². The molecule has 0 amide bonds. The molecule has 0 unspecified atom stereocenters. The smallest absolute Gasteiger partial charge is 0.130 e. The molecule has 2 N–H and O–H groups in total. The Labute approximate surface area is 113 Å². The van der Waals surface area contributed by atoms with Crippen LogP contribution in [-0.4, -0.2) is 6.54 Å². The second-order valence-corrected chi connectivity index (χ2v) is 4.68. The van der Waals surface area contributed by atoms with Crippen molar-refractivity contribution < 1.29 is 9.13 Å². The van der Waals surface area contributed by atoms with E-state index in [1.807, 2.05) is 38.1 Å². The quantitative estimate of drug-likeness (QED) is 0.907. The highest BCUT2D eigenvalue weighted by molar-refractivity contribution is 5.38. The van der Waals surface area contributed by atoms with Gasteiger partial charge < -0.3 is 10.5 Å². The first-order valence-corrected chi connectivity index (χ1v) is 6.33. The minimum absolute atomic E-state index is 0.301. The molecule has 100 valence electrons. The molecule has 0 fully saturated rings. The summed E-state index contributed by atoms with van der Waals surface area (Å²) in [6, 6.07) is 10.5. The van der Waals surface area contributed by atoms with Gasteiger partial charge in [0.05, 0.1) is 0 Å². The van der Waals surface area contributed by atoms with E-state index in [0.29, 0.717) is 24.5 Å². The van der Waals surface area contributed by atoms with Gasteiger partial charge in [-0.05, 0) is 67.8 Å². The molecule has 19 heavy (non-hydrogen) atoms. The van der Waals surface area contributed by atoms with E-state index in [4.69, 9.17) is 10.5 Å². The molecule has 0 radical (unpaired) electrons. The van der Waals surface area contributed by atoms with Crippen molar-refractivity contribution in [2.75, 3.05) is 6.54 Å². The maximum absolute atomic E-state index is 13.5. The van der Waals surface area contributed by atoms with Gasteiger partial charge in [0.2, 0.25) is 0 Å². The fraction of sp³-hybridized carbons (Fsp3) is 0.250. The van der Waals surface area contributed by atoms with E-state index >= 15 is 0 Å². The fourth-order valence-electron chi connectivity index (χ4n) is 1.90. The molecule has 0 spiro atoms. The molecule has 0 aliphatic rings. The van der Waals surface area contributed by atoms with E-state index in [-0.39, 0.29) is 5.82 Å². The molecule has 0 saturated carbocycles. The summed E-state index contributed by atoms with van der Waals surface area (Å²) in [4.78, 5) is 0. The Morgan fingerprint density at radius 2 is 1.79 bits per heavy atom. The Morgan fingerprint density at radius 3 is 2.47 bits per heavy atom. The van der Waals surface area contributed by atoms with Gasteiger partial charge in [-0.25, -0.2) is 4.39 Å². The minimum atomic E-state index is -0.301. The zero-order valence-electron chi connectivity index (χ0n) is 11.2. The number of rotatable bonds is 4. The van der Waals surface area contributed by atoms with E-state index < -0.39 is 0 Å². The Morgan fingerprint density at radius 1 is 1.00 bits per heavy atom. The highest BCUT2D eigenvalue weighted by Gasteiger charge is 2.04. The summed E-state index contributed by atoms with van der Waals surface area (Å²) >= 11 is 0. The number of hydrogen-bond donors (Lipinski definition) is 1. The first kappa shape index (κ1) is 13.6. The minimum Gasteiger partial charge on any atom is -0.457 e. The number of benzene rings is 2. The lowest BCUT2D eigenvalue weighted by Gasteiger charge is -2.09. The average molecular weight is 259 g/mol. The molecule has 0 atom stereocenters. The molecule has 0 heterocycles. The highest BCUT2D eigenvalue weighted by Crippen LogP contribution is 2.25. The molecular weight excluding hydrogens is 241 g/mol. The standard InChI is InChI=1S/C16H18FNO/c1-11-3-4-15(7-12(11)2)19-16-9-13(5-6-18)8-14(17)10-16/h3-4,7-10H,5-6,18H2,1-2H3. The number of ether oxygens (including phenoxy) is 1. The van der Waals surface area contributed by atoms with Crippen molar-refractivity contribution in [1.82, 2.24) is 0 Å². The van der Waals surface area contributed by atoms with Crippen LogP contribution in [0.1, 0.15) is 16.7 Å². The van der Waals surface area contributed by atoms with E-state index in [0.717, 1.165) is 11.1 Å². The number of hydrogen-bond acceptors (Lipinski definition) is 2. The third-order valence-corrected chi connectivity index (χ3v) is 3.08. The van der Waals surface area contributed by atoms with Crippen LogP contribution in [0.25, 0.3) is 0 Å². The summed E-state index contributed by atoms with van der Waals surface area (Å²) in [7, 11) is 0. The number of nitrogens with two attached hydrogens (primary N) is 1. The number of halogens is 1. The number of aryl methyl sites for hydroxylation is 2. The zero-order valence-corrected chi connectivity index (χ0v) is 11.2.